The van der Waals surface area contributed by atoms with E-state index in [0.717, 1.165) is 29.8 Å². The fraction of sp³-hybridized carbons (Fsp3) is 0.708. The summed E-state index contributed by atoms with van der Waals surface area (Å²) < 4.78 is 12.9. The van der Waals surface area contributed by atoms with Gasteiger partial charge in [-0.1, -0.05) is 19.9 Å². The molecule has 4 heterocycles. The van der Waals surface area contributed by atoms with E-state index in [1.165, 1.54) is 6.42 Å². The summed E-state index contributed by atoms with van der Waals surface area (Å²) in [5, 5.41) is 3.01. The van der Waals surface area contributed by atoms with Crippen LogP contribution in [0, 0.1) is 23.7 Å². The van der Waals surface area contributed by atoms with E-state index < -0.39 is 17.7 Å². The van der Waals surface area contributed by atoms with Gasteiger partial charge in [-0.25, -0.2) is 9.78 Å². The standard InChI is InChI=1S/C24H33NO5S2/c1-14-8-9-19-15(2)21(32-13-20(26)25-16-6-5-7-17(12-16)31-4)27-22-24(19)18(14)10-11-23(3,28-22)29-30-24/h5-7,12,14-15,18-19,21-22H,8-11,13H2,1-4H3,(H,25,26)/t14-,15-,18+,19+,21+,22-,23+,24-/m1/s1. The number of fused-ring (bicyclic) bond motifs is 2. The van der Waals surface area contributed by atoms with E-state index in [2.05, 4.69) is 19.2 Å². The third-order valence-corrected chi connectivity index (χ3v) is 9.85. The molecule has 0 radical (unpaired) electrons. The molecule has 1 amide bonds. The van der Waals surface area contributed by atoms with Crippen molar-refractivity contribution in [1.29, 1.82) is 0 Å². The van der Waals surface area contributed by atoms with Crippen molar-refractivity contribution in [3.8, 4) is 0 Å². The SMILES string of the molecule is CSc1cccc(NC(=O)CS[C@@H]2O[C@@H]3O[C@]4(C)CC[C@H]5[C@H](C)CC[C@@H]([C@H]2C)[C@@]35OO4)c1. The second kappa shape index (κ2) is 8.78. The van der Waals surface area contributed by atoms with Gasteiger partial charge >= 0.3 is 0 Å². The lowest BCUT2D eigenvalue weighted by Gasteiger charge is -2.60. The maximum Gasteiger partial charge on any atom is 0.234 e. The van der Waals surface area contributed by atoms with Crippen LogP contribution < -0.4 is 5.32 Å². The van der Waals surface area contributed by atoms with Gasteiger partial charge in [-0.15, -0.1) is 23.5 Å². The van der Waals surface area contributed by atoms with E-state index in [1.54, 1.807) is 23.5 Å². The molecule has 4 aliphatic heterocycles. The number of rotatable bonds is 5. The van der Waals surface area contributed by atoms with Crippen LogP contribution in [-0.2, 0) is 24.0 Å². The monoisotopic (exact) mass is 479 g/mol. The number of nitrogens with one attached hydrogen (secondary N) is 1. The molecule has 6 nitrogen and oxygen atoms in total. The summed E-state index contributed by atoms with van der Waals surface area (Å²) in [6.07, 6.45) is 5.64. The molecule has 1 aliphatic carbocycles. The van der Waals surface area contributed by atoms with Crippen LogP contribution in [0.15, 0.2) is 29.2 Å². The van der Waals surface area contributed by atoms with Gasteiger partial charge in [0.1, 0.15) is 5.44 Å². The summed E-state index contributed by atoms with van der Waals surface area (Å²) in [5.41, 5.74) is 0.149. The van der Waals surface area contributed by atoms with E-state index in [9.17, 15) is 4.79 Å². The molecule has 8 heteroatoms. The van der Waals surface area contributed by atoms with Crippen LogP contribution in [0.3, 0.4) is 0 Å². The zero-order valence-corrected chi connectivity index (χ0v) is 20.8. The van der Waals surface area contributed by atoms with Crippen molar-refractivity contribution in [3.05, 3.63) is 24.3 Å². The number of hydrogen-bond acceptors (Lipinski definition) is 7. The Balaban J connectivity index is 1.29. The molecule has 1 N–H and O–H groups in total. The van der Waals surface area contributed by atoms with E-state index in [0.29, 0.717) is 17.6 Å². The number of anilines is 1. The van der Waals surface area contributed by atoms with Crippen molar-refractivity contribution >= 4 is 35.1 Å². The Labute approximate surface area is 198 Å². The lowest BCUT2D eigenvalue weighted by Crippen LogP contribution is -2.70. The van der Waals surface area contributed by atoms with E-state index in [1.807, 2.05) is 37.4 Å². The minimum absolute atomic E-state index is 0.0191. The Bertz CT molecular complexity index is 871. The molecule has 1 aromatic carbocycles. The molecule has 5 aliphatic rings. The van der Waals surface area contributed by atoms with Gasteiger partial charge in [0.05, 0.1) is 5.75 Å². The molecular formula is C24H33NO5S2. The molecule has 2 bridgehead atoms. The van der Waals surface area contributed by atoms with E-state index in [4.69, 9.17) is 19.2 Å². The first-order chi connectivity index (χ1) is 15.3. The molecule has 8 atom stereocenters. The zero-order valence-electron chi connectivity index (χ0n) is 19.2. The Kier molecular flexibility index (Phi) is 6.31. The highest BCUT2D eigenvalue weighted by Crippen LogP contribution is 2.61. The number of carbonyl (C=O) groups is 1. The molecule has 1 spiro atoms. The summed E-state index contributed by atoms with van der Waals surface area (Å²) in [6.45, 7) is 6.48. The average Bonchev–Trinajstić information content (AvgIpc) is 3.01. The first-order valence-electron chi connectivity index (χ1n) is 11.6. The van der Waals surface area contributed by atoms with Crippen LogP contribution in [-0.4, -0.2) is 41.0 Å². The summed E-state index contributed by atoms with van der Waals surface area (Å²) in [7, 11) is 0. The van der Waals surface area contributed by atoms with Crippen molar-refractivity contribution in [2.45, 2.75) is 74.5 Å². The summed E-state index contributed by atoms with van der Waals surface area (Å²) in [5.74, 6) is 0.957. The van der Waals surface area contributed by atoms with Crippen LogP contribution in [0.1, 0.15) is 46.5 Å². The molecule has 5 fully saturated rings. The third-order valence-electron chi connectivity index (χ3n) is 7.83. The molecule has 6 rings (SSSR count). The minimum Gasteiger partial charge on any atom is -0.335 e. The van der Waals surface area contributed by atoms with Gasteiger partial charge in [0.25, 0.3) is 0 Å². The molecule has 4 saturated heterocycles. The van der Waals surface area contributed by atoms with Gasteiger partial charge in [0.15, 0.2) is 11.9 Å². The van der Waals surface area contributed by atoms with Gasteiger partial charge in [0.2, 0.25) is 11.7 Å². The number of ether oxygens (including phenoxy) is 2. The average molecular weight is 480 g/mol. The molecular weight excluding hydrogens is 446 g/mol. The number of amides is 1. The maximum absolute atomic E-state index is 12.7. The van der Waals surface area contributed by atoms with Crippen LogP contribution in [0.25, 0.3) is 0 Å². The number of benzene rings is 1. The smallest absolute Gasteiger partial charge is 0.234 e. The minimum atomic E-state index is -0.771. The molecule has 1 saturated carbocycles. The van der Waals surface area contributed by atoms with Gasteiger partial charge in [-0.2, -0.15) is 0 Å². The van der Waals surface area contributed by atoms with E-state index in [-0.39, 0.29) is 23.2 Å². The van der Waals surface area contributed by atoms with Gasteiger partial charge in [-0.05, 0) is 68.4 Å². The molecule has 32 heavy (non-hydrogen) atoms. The normalized spacial score (nSPS) is 42.8. The second-order valence-corrected chi connectivity index (χ2v) is 11.8. The van der Waals surface area contributed by atoms with Crippen LogP contribution in [0.2, 0.25) is 0 Å². The van der Waals surface area contributed by atoms with Crippen LogP contribution in [0.4, 0.5) is 5.69 Å². The van der Waals surface area contributed by atoms with Crippen molar-refractivity contribution < 1.29 is 24.0 Å². The predicted octanol–water partition coefficient (Wildman–Crippen LogP) is 5.29. The Morgan fingerprint density at radius 3 is 2.84 bits per heavy atom. The fourth-order valence-electron chi connectivity index (χ4n) is 6.12. The quantitative estimate of drug-likeness (QED) is 0.455. The van der Waals surface area contributed by atoms with Gasteiger partial charge < -0.3 is 14.8 Å². The summed E-state index contributed by atoms with van der Waals surface area (Å²) in [6, 6.07) is 7.91. The van der Waals surface area contributed by atoms with E-state index >= 15 is 0 Å². The van der Waals surface area contributed by atoms with Crippen LogP contribution >= 0.6 is 23.5 Å². The van der Waals surface area contributed by atoms with Crippen molar-refractivity contribution in [2.75, 3.05) is 17.3 Å². The highest BCUT2D eigenvalue weighted by Gasteiger charge is 2.69. The Hall–Kier alpha value is -0.770. The van der Waals surface area contributed by atoms with Gasteiger partial charge in [-0.3, -0.25) is 4.79 Å². The van der Waals surface area contributed by atoms with Gasteiger partial charge in [0, 0.05) is 22.9 Å². The lowest BCUT2D eigenvalue weighted by molar-refractivity contribution is -0.568. The van der Waals surface area contributed by atoms with Crippen molar-refractivity contribution in [3.63, 3.8) is 0 Å². The molecule has 176 valence electrons. The third kappa shape index (κ3) is 3.91. The van der Waals surface area contributed by atoms with Crippen LogP contribution in [0.5, 0.6) is 0 Å². The summed E-state index contributed by atoms with van der Waals surface area (Å²) >= 11 is 3.22. The Morgan fingerprint density at radius 1 is 1.19 bits per heavy atom. The highest BCUT2D eigenvalue weighted by atomic mass is 32.2. The number of carbonyl (C=O) groups excluding carboxylic acids is 1. The topological polar surface area (TPSA) is 66.0 Å². The molecule has 0 unspecified atom stereocenters. The number of thioether (sulfide) groups is 2. The first-order valence-corrected chi connectivity index (χ1v) is 13.9. The fourth-order valence-corrected chi connectivity index (χ4v) is 7.64. The van der Waals surface area contributed by atoms with Crippen molar-refractivity contribution in [2.24, 2.45) is 23.7 Å². The maximum atomic E-state index is 12.7. The molecule has 1 aromatic rings. The second-order valence-electron chi connectivity index (χ2n) is 9.86. The number of hydrogen-bond donors (Lipinski definition) is 1. The lowest BCUT2D eigenvalue weighted by atomic mass is 9.58. The highest BCUT2D eigenvalue weighted by molar-refractivity contribution is 8.00. The summed E-state index contributed by atoms with van der Waals surface area (Å²) in [4.78, 5) is 25.9. The zero-order chi connectivity index (χ0) is 22.5. The largest absolute Gasteiger partial charge is 0.335 e. The molecule has 0 aromatic heterocycles. The predicted molar refractivity (Wildman–Crippen MR) is 126 cm³/mol. The first kappa shape index (κ1) is 23.0. The Morgan fingerprint density at radius 2 is 2.03 bits per heavy atom. The van der Waals surface area contributed by atoms with Crippen molar-refractivity contribution in [1.82, 2.24) is 0 Å².